The summed E-state index contributed by atoms with van der Waals surface area (Å²) in [6, 6.07) is 1.37. The van der Waals surface area contributed by atoms with Gasteiger partial charge in [-0.2, -0.15) is 0 Å². The molecule has 1 rings (SSSR count). The van der Waals surface area contributed by atoms with Crippen molar-refractivity contribution in [2.75, 3.05) is 5.32 Å². The number of alkyl halides is 2. The van der Waals surface area contributed by atoms with Gasteiger partial charge >= 0.3 is 6.09 Å². The quantitative estimate of drug-likeness (QED) is 0.896. The number of ether oxygens (including phenoxy) is 1. The minimum Gasteiger partial charge on any atom is -0.444 e. The largest absolute Gasteiger partial charge is 0.444 e. The van der Waals surface area contributed by atoms with Gasteiger partial charge in [-0.25, -0.2) is 18.0 Å². The van der Waals surface area contributed by atoms with Gasteiger partial charge in [0.15, 0.2) is 0 Å². The summed E-state index contributed by atoms with van der Waals surface area (Å²) in [5.74, 6) is -0.717. The minimum atomic E-state index is -2.88. The Kier molecular flexibility index (Phi) is 4.99. The van der Waals surface area contributed by atoms with E-state index in [0.29, 0.717) is 0 Å². The summed E-state index contributed by atoms with van der Waals surface area (Å²) in [5.41, 5.74) is 4.37. The maximum absolute atomic E-state index is 13.1. The fourth-order valence-electron chi connectivity index (χ4n) is 1.47. The number of nitrogens with one attached hydrogen (secondary N) is 1. The lowest BCUT2D eigenvalue weighted by atomic mass is 10.1. The molecule has 4 nitrogen and oxygen atoms in total. The van der Waals surface area contributed by atoms with Crippen LogP contribution in [0.1, 0.15) is 32.4 Å². The highest BCUT2D eigenvalue weighted by molar-refractivity contribution is 5.86. The van der Waals surface area contributed by atoms with Gasteiger partial charge in [-0.3, -0.25) is 5.32 Å². The van der Waals surface area contributed by atoms with Crippen molar-refractivity contribution in [1.82, 2.24) is 0 Å². The molecule has 20 heavy (non-hydrogen) atoms. The van der Waals surface area contributed by atoms with Gasteiger partial charge in [0.2, 0.25) is 0 Å². The Labute approximate surface area is 115 Å². The first-order valence-corrected chi connectivity index (χ1v) is 5.93. The number of hydrogen-bond donors (Lipinski definition) is 2. The zero-order valence-electron chi connectivity index (χ0n) is 11.4. The van der Waals surface area contributed by atoms with Crippen LogP contribution in [0.4, 0.5) is 23.7 Å². The number of carbonyl (C=O) groups excluding carboxylic acids is 1. The lowest BCUT2D eigenvalue weighted by molar-refractivity contribution is 0.0634. The molecule has 0 bridgehead atoms. The van der Waals surface area contributed by atoms with Gasteiger partial charge in [-0.15, -0.1) is 0 Å². The number of anilines is 1. The van der Waals surface area contributed by atoms with Gasteiger partial charge in [-0.05, 0) is 39.0 Å². The minimum absolute atomic E-state index is 0.00606. The molecule has 0 aromatic heterocycles. The molecule has 1 aromatic rings. The molecule has 0 aliphatic heterocycles. The van der Waals surface area contributed by atoms with E-state index in [2.05, 4.69) is 5.32 Å². The highest BCUT2D eigenvalue weighted by atomic mass is 19.3. The van der Waals surface area contributed by atoms with E-state index in [1.165, 1.54) is 0 Å². The third kappa shape index (κ3) is 4.73. The number of rotatable bonds is 3. The number of carbonyl (C=O) groups is 1. The molecule has 0 radical (unpaired) electrons. The summed E-state index contributed by atoms with van der Waals surface area (Å²) < 4.78 is 43.4. The molecule has 0 fully saturated rings. The van der Waals surface area contributed by atoms with Gasteiger partial charge in [0.1, 0.15) is 11.4 Å². The molecule has 0 aliphatic carbocycles. The Morgan fingerprint density at radius 3 is 2.45 bits per heavy atom. The van der Waals surface area contributed by atoms with E-state index >= 15 is 0 Å². The van der Waals surface area contributed by atoms with Crippen LogP contribution in [-0.4, -0.2) is 18.1 Å². The van der Waals surface area contributed by atoms with Crippen LogP contribution in [-0.2, 0) is 4.74 Å². The van der Waals surface area contributed by atoms with Crippen molar-refractivity contribution in [3.8, 4) is 0 Å². The van der Waals surface area contributed by atoms with E-state index in [1.54, 1.807) is 20.8 Å². The fraction of sp³-hybridized carbons (Fsp3) is 0.462. The summed E-state index contributed by atoms with van der Waals surface area (Å²) in [6.45, 7) is 4.97. The third-order valence-electron chi connectivity index (χ3n) is 2.28. The molecule has 1 atom stereocenters. The lowest BCUT2D eigenvalue weighted by Crippen LogP contribution is -2.28. The molecular weight excluding hydrogens is 273 g/mol. The van der Waals surface area contributed by atoms with Gasteiger partial charge in [0, 0.05) is 11.3 Å². The maximum atomic E-state index is 13.1. The molecule has 112 valence electrons. The standard InChI is InChI=1S/C13H17F3N2O2/c1-13(2,3)20-12(19)18-9-5-4-7(14)6-8(9)10(17)11(15)16/h4-6,10-11H,17H2,1-3H3,(H,18,19). The van der Waals surface area contributed by atoms with Crippen LogP contribution in [0, 0.1) is 5.82 Å². The molecule has 0 saturated heterocycles. The molecule has 1 aromatic carbocycles. The molecule has 0 saturated carbocycles. The maximum Gasteiger partial charge on any atom is 0.412 e. The van der Waals surface area contributed by atoms with Crippen molar-refractivity contribution in [2.45, 2.75) is 38.8 Å². The number of benzene rings is 1. The topological polar surface area (TPSA) is 64.3 Å². The first kappa shape index (κ1) is 16.3. The number of hydrogen-bond acceptors (Lipinski definition) is 3. The number of halogens is 3. The highest BCUT2D eigenvalue weighted by Gasteiger charge is 2.23. The Morgan fingerprint density at radius 1 is 1.35 bits per heavy atom. The predicted molar refractivity (Wildman–Crippen MR) is 69.2 cm³/mol. The van der Waals surface area contributed by atoms with Crippen LogP contribution in [0.5, 0.6) is 0 Å². The van der Waals surface area contributed by atoms with Crippen LogP contribution in [0.15, 0.2) is 18.2 Å². The molecule has 0 heterocycles. The molecular formula is C13H17F3N2O2. The van der Waals surface area contributed by atoms with Gasteiger partial charge < -0.3 is 10.5 Å². The smallest absolute Gasteiger partial charge is 0.412 e. The molecule has 1 unspecified atom stereocenters. The van der Waals surface area contributed by atoms with Crippen LogP contribution in [0.2, 0.25) is 0 Å². The molecule has 3 N–H and O–H groups in total. The van der Waals surface area contributed by atoms with Crippen molar-refractivity contribution in [3.05, 3.63) is 29.6 Å². The average molecular weight is 290 g/mol. The molecule has 1 amide bonds. The van der Waals surface area contributed by atoms with Crippen LogP contribution in [0.3, 0.4) is 0 Å². The highest BCUT2D eigenvalue weighted by Crippen LogP contribution is 2.27. The van der Waals surface area contributed by atoms with Crippen LogP contribution in [0.25, 0.3) is 0 Å². The van der Waals surface area contributed by atoms with Gasteiger partial charge in [0.25, 0.3) is 6.43 Å². The van der Waals surface area contributed by atoms with E-state index in [4.69, 9.17) is 10.5 Å². The molecule has 0 spiro atoms. The third-order valence-corrected chi connectivity index (χ3v) is 2.28. The van der Waals surface area contributed by atoms with Crippen molar-refractivity contribution in [2.24, 2.45) is 5.73 Å². The van der Waals surface area contributed by atoms with E-state index in [1.807, 2.05) is 0 Å². The fourth-order valence-corrected chi connectivity index (χ4v) is 1.47. The molecule has 7 heteroatoms. The second kappa shape index (κ2) is 6.13. The Morgan fingerprint density at radius 2 is 1.95 bits per heavy atom. The summed E-state index contributed by atoms with van der Waals surface area (Å²) in [4.78, 5) is 11.6. The van der Waals surface area contributed by atoms with Crippen LogP contribution < -0.4 is 11.1 Å². The van der Waals surface area contributed by atoms with E-state index in [-0.39, 0.29) is 11.3 Å². The predicted octanol–water partition coefficient (Wildman–Crippen LogP) is 3.44. The molecule has 0 aliphatic rings. The van der Waals surface area contributed by atoms with E-state index < -0.39 is 30.0 Å². The normalized spacial score (nSPS) is 13.2. The Bertz CT molecular complexity index is 487. The Hall–Kier alpha value is -1.76. The number of nitrogens with two attached hydrogens (primary N) is 1. The second-order valence-corrected chi connectivity index (χ2v) is 5.22. The van der Waals surface area contributed by atoms with Crippen molar-refractivity contribution >= 4 is 11.8 Å². The first-order valence-electron chi connectivity index (χ1n) is 5.93. The SMILES string of the molecule is CC(C)(C)OC(=O)Nc1ccc(F)cc1C(N)C(F)F. The second-order valence-electron chi connectivity index (χ2n) is 5.22. The van der Waals surface area contributed by atoms with Gasteiger partial charge in [0.05, 0.1) is 6.04 Å². The van der Waals surface area contributed by atoms with Crippen molar-refractivity contribution in [1.29, 1.82) is 0 Å². The first-order chi connectivity index (χ1) is 9.10. The van der Waals surface area contributed by atoms with Gasteiger partial charge in [-0.1, -0.05) is 0 Å². The van der Waals surface area contributed by atoms with E-state index in [0.717, 1.165) is 18.2 Å². The summed E-state index contributed by atoms with van der Waals surface area (Å²) >= 11 is 0. The van der Waals surface area contributed by atoms with Crippen molar-refractivity contribution < 1.29 is 22.7 Å². The van der Waals surface area contributed by atoms with Crippen LogP contribution >= 0.6 is 0 Å². The zero-order chi connectivity index (χ0) is 15.5. The average Bonchev–Trinajstić information content (AvgIpc) is 2.27. The zero-order valence-corrected chi connectivity index (χ0v) is 11.4. The van der Waals surface area contributed by atoms with Crippen molar-refractivity contribution in [3.63, 3.8) is 0 Å². The lowest BCUT2D eigenvalue weighted by Gasteiger charge is -2.21. The summed E-state index contributed by atoms with van der Waals surface area (Å²) in [6.07, 6.45) is -3.71. The monoisotopic (exact) mass is 290 g/mol. The van der Waals surface area contributed by atoms with E-state index in [9.17, 15) is 18.0 Å². The number of amides is 1. The summed E-state index contributed by atoms with van der Waals surface area (Å²) in [5, 5.41) is 2.29. The summed E-state index contributed by atoms with van der Waals surface area (Å²) in [7, 11) is 0. The Balaban J connectivity index is 2.98.